The van der Waals surface area contributed by atoms with Crippen LogP contribution in [-0.4, -0.2) is 130 Å². The van der Waals surface area contributed by atoms with Crippen LogP contribution in [0.4, 0.5) is 17.2 Å². The molecule has 1 unspecified atom stereocenters. The average molecular weight is 1070 g/mol. The van der Waals surface area contributed by atoms with Gasteiger partial charge >= 0.3 is 0 Å². The minimum Gasteiger partial charge on any atom is -0.507 e. The molecule has 0 radical (unpaired) electrons. The zero-order valence-corrected chi connectivity index (χ0v) is 44.3. The molecule has 1 aliphatic carbocycles. The summed E-state index contributed by atoms with van der Waals surface area (Å²) >= 11 is 1.52. The summed E-state index contributed by atoms with van der Waals surface area (Å²) in [7, 11) is 0. The van der Waals surface area contributed by atoms with E-state index in [0.717, 1.165) is 59.1 Å². The van der Waals surface area contributed by atoms with Crippen molar-refractivity contribution in [3.63, 3.8) is 0 Å². The number of aliphatic hydroxyl groups excluding tert-OH is 1. The number of hydrogen-bond acceptors (Lipinski definition) is 20. The van der Waals surface area contributed by atoms with E-state index in [1.54, 1.807) is 48.5 Å². The quantitative estimate of drug-likeness (QED) is 0.0775. The Bertz CT molecular complexity index is 3330. The number of nitrogens with zero attached hydrogens (tertiary/aromatic N) is 11. The monoisotopic (exact) mass is 1070 g/mol. The summed E-state index contributed by atoms with van der Waals surface area (Å²) < 4.78 is 23.9. The standard InChI is InChI=1S/C56H59N13O8S/c1-31(2)52(56(73)68-29-38(70)19-46(68)55(72)63-32(3)34-11-14-43(59-24-34)53-33(4)62-30-78-53)48-23-51(66-77-48)74-17-7-10-49-60-25-41(26-61-49)75-39-20-40(21-39)76-50-18-35(15-16-58-50)69-36-12-13-37(69)28-67(27-36)45-22-44(64-65-54(45)57)42-8-5-6-9-47(42)71/h5-6,8-9,11,14-16,18,22-26,30-32,36-40,46,52,70-71H,12-13,17,19-21,27-29H2,1-4H3,(H2,57,65)(H,63,72)/t32-,36+,37?,38+,39?,40?,46-,52+/m0/s1. The number of piperazine rings is 1. The fourth-order valence-electron chi connectivity index (χ4n) is 10.8. The Morgan fingerprint density at radius 2 is 1.67 bits per heavy atom. The lowest BCUT2D eigenvalue weighted by molar-refractivity contribution is -0.141. The van der Waals surface area contributed by atoms with Crippen LogP contribution < -0.4 is 35.1 Å². The summed E-state index contributed by atoms with van der Waals surface area (Å²) in [5.74, 6) is 6.29. The Labute approximate surface area is 454 Å². The first-order valence-electron chi connectivity index (χ1n) is 26.1. The van der Waals surface area contributed by atoms with Crippen LogP contribution in [0, 0.1) is 24.7 Å². The van der Waals surface area contributed by atoms with Gasteiger partial charge in [0, 0.05) is 86.8 Å². The third-order valence-corrected chi connectivity index (χ3v) is 15.8. The number of likely N-dealkylation sites (tertiary alicyclic amines) is 1. The Morgan fingerprint density at radius 1 is 0.885 bits per heavy atom. The lowest BCUT2D eigenvalue weighted by Crippen LogP contribution is -2.54. The van der Waals surface area contributed by atoms with Crippen molar-refractivity contribution in [1.29, 1.82) is 0 Å². The Morgan fingerprint density at radius 3 is 2.40 bits per heavy atom. The lowest BCUT2D eigenvalue weighted by Gasteiger charge is -2.43. The topological polar surface area (TPSA) is 266 Å². The zero-order chi connectivity index (χ0) is 54.0. The van der Waals surface area contributed by atoms with Crippen LogP contribution in [0.2, 0.25) is 0 Å². The number of aromatic nitrogens is 8. The number of phenols is 1. The molecule has 5 N–H and O–H groups in total. The molecule has 1 aromatic carbocycles. The van der Waals surface area contributed by atoms with Crippen LogP contribution >= 0.6 is 11.3 Å². The molecule has 4 fully saturated rings. The number of nitrogens with one attached hydrogen (secondary N) is 1. The Balaban J connectivity index is 0.627. The average Bonchev–Trinajstić information content (AvgIpc) is 4.28. The Hall–Kier alpha value is -8.42. The van der Waals surface area contributed by atoms with Crippen LogP contribution in [0.5, 0.6) is 23.3 Å². The molecule has 22 heteroatoms. The number of nitrogen functional groups attached to an aromatic ring is 1. The fraction of sp³-hybridized carbons (Fsp3) is 0.393. The fourth-order valence-corrected chi connectivity index (χ4v) is 11.6. The minimum absolute atomic E-state index is 0.00388. The molecule has 21 nitrogen and oxygen atoms in total. The second-order valence-electron chi connectivity index (χ2n) is 20.5. The number of pyridine rings is 2. The molecule has 1 saturated carbocycles. The number of aliphatic hydroxyl groups is 1. The number of phenolic OH excluding ortho intramolecular Hbond substituents is 1. The number of thiazole rings is 1. The summed E-state index contributed by atoms with van der Waals surface area (Å²) in [5.41, 5.74) is 13.7. The molecule has 7 aromatic rings. The highest BCUT2D eigenvalue weighted by Gasteiger charge is 2.44. The van der Waals surface area contributed by atoms with Crippen LogP contribution in [0.3, 0.4) is 0 Å². The molecular weight excluding hydrogens is 1010 g/mol. The number of fused-ring (bicyclic) bond motifs is 2. The molecule has 402 valence electrons. The number of carbonyl (C=O) groups excluding carboxylic acids is 2. The van der Waals surface area contributed by atoms with Crippen molar-refractivity contribution in [1.82, 2.24) is 50.5 Å². The van der Waals surface area contributed by atoms with Crippen molar-refractivity contribution in [3.05, 3.63) is 114 Å². The van der Waals surface area contributed by atoms with E-state index in [-0.39, 0.29) is 84.8 Å². The van der Waals surface area contributed by atoms with Gasteiger partial charge in [0.1, 0.15) is 29.9 Å². The predicted octanol–water partition coefficient (Wildman–Crippen LogP) is 6.29. The van der Waals surface area contributed by atoms with Gasteiger partial charge in [-0.15, -0.1) is 21.5 Å². The van der Waals surface area contributed by atoms with Crippen LogP contribution in [0.25, 0.3) is 21.8 Å². The van der Waals surface area contributed by atoms with E-state index in [0.29, 0.717) is 41.5 Å². The molecule has 4 aliphatic rings. The molecule has 6 atom stereocenters. The van der Waals surface area contributed by atoms with Crippen LogP contribution in [-0.2, 0) is 9.59 Å². The van der Waals surface area contributed by atoms with Gasteiger partial charge in [-0.3, -0.25) is 14.6 Å². The first-order valence-corrected chi connectivity index (χ1v) is 27.0. The van der Waals surface area contributed by atoms with E-state index < -0.39 is 24.1 Å². The number of carbonyl (C=O) groups is 2. The highest BCUT2D eigenvalue weighted by Crippen LogP contribution is 2.41. The molecule has 3 aliphatic heterocycles. The van der Waals surface area contributed by atoms with E-state index in [2.05, 4.69) is 67.2 Å². The molecule has 0 spiro atoms. The van der Waals surface area contributed by atoms with Gasteiger partial charge in [0.2, 0.25) is 23.5 Å². The van der Waals surface area contributed by atoms with Crippen molar-refractivity contribution < 1.29 is 38.5 Å². The molecule has 11 rings (SSSR count). The van der Waals surface area contributed by atoms with E-state index in [1.165, 1.54) is 16.2 Å². The second kappa shape index (κ2) is 22.3. The first kappa shape index (κ1) is 51.7. The summed E-state index contributed by atoms with van der Waals surface area (Å²) in [5, 5.41) is 36.7. The maximum absolute atomic E-state index is 14.2. The lowest BCUT2D eigenvalue weighted by atomic mass is 9.91. The summed E-state index contributed by atoms with van der Waals surface area (Å²) in [6.45, 7) is 9.02. The van der Waals surface area contributed by atoms with E-state index in [1.807, 2.05) is 70.2 Å². The number of para-hydroxylation sites is 1. The van der Waals surface area contributed by atoms with Gasteiger partial charge in [-0.25, -0.2) is 19.9 Å². The van der Waals surface area contributed by atoms with Crippen molar-refractivity contribution >= 4 is 40.3 Å². The van der Waals surface area contributed by atoms with Crippen molar-refractivity contribution in [3.8, 4) is 56.9 Å². The predicted molar refractivity (Wildman–Crippen MR) is 289 cm³/mol. The maximum atomic E-state index is 14.2. The molecule has 2 amide bonds. The van der Waals surface area contributed by atoms with Gasteiger partial charge < -0.3 is 54.7 Å². The van der Waals surface area contributed by atoms with Gasteiger partial charge in [-0.1, -0.05) is 38.0 Å². The van der Waals surface area contributed by atoms with E-state index >= 15 is 0 Å². The SMILES string of the molecule is Cc1ncsc1-c1ccc([C@H](C)NC(=O)[C@@H]2C[C@@H](O)CN2C(=O)[C@@H](c2cc(OCC#Cc3ncc(OC4CC(Oc5cc(N6C7CC[C@@H]6CN(c6cc(-c8ccccc8O)nnc6N)C7)ccn5)C4)cn3)no2)C(C)C)cn1. The van der Waals surface area contributed by atoms with E-state index in [9.17, 15) is 19.8 Å². The number of anilines is 3. The number of rotatable bonds is 16. The van der Waals surface area contributed by atoms with Gasteiger partial charge in [-0.2, -0.15) is 0 Å². The van der Waals surface area contributed by atoms with E-state index in [4.69, 9.17) is 24.5 Å². The summed E-state index contributed by atoms with van der Waals surface area (Å²) in [6.07, 6.45) is 9.24. The molecule has 6 aromatic heterocycles. The van der Waals surface area contributed by atoms with Gasteiger partial charge in [0.25, 0.3) is 5.88 Å². The molecule has 2 bridgehead atoms. The molecule has 3 saturated heterocycles. The second-order valence-corrected chi connectivity index (χ2v) is 21.4. The third kappa shape index (κ3) is 11.1. The zero-order valence-electron chi connectivity index (χ0n) is 43.5. The van der Waals surface area contributed by atoms with Gasteiger partial charge in [-0.05, 0) is 79.6 Å². The first-order chi connectivity index (χ1) is 37.8. The van der Waals surface area contributed by atoms with Gasteiger partial charge in [0.15, 0.2) is 23.9 Å². The largest absolute Gasteiger partial charge is 0.507 e. The normalized spacial score (nSPS) is 21.3. The third-order valence-electron chi connectivity index (χ3n) is 14.8. The number of amides is 2. The number of aromatic hydroxyl groups is 1. The number of hydrogen-bond donors (Lipinski definition) is 4. The summed E-state index contributed by atoms with van der Waals surface area (Å²) in [4.78, 5) is 57.2. The Kier molecular flexibility index (Phi) is 14.8. The number of nitrogens with two attached hydrogens (primary N) is 1. The van der Waals surface area contributed by atoms with Crippen LogP contribution in [0.1, 0.15) is 87.7 Å². The molecule has 78 heavy (non-hydrogen) atoms. The van der Waals surface area contributed by atoms with Crippen LogP contribution in [0.15, 0.2) is 95.5 Å². The minimum atomic E-state index is -0.886. The van der Waals surface area contributed by atoms with Gasteiger partial charge in [0.05, 0.1) is 57.7 Å². The highest BCUT2D eigenvalue weighted by atomic mass is 32.1. The van der Waals surface area contributed by atoms with Crippen molar-refractivity contribution in [2.45, 2.75) is 108 Å². The number of β-amino-alcohol motifs (C(OH)–C–C–N with tert-alkyl or cyclic N) is 1. The highest BCUT2D eigenvalue weighted by molar-refractivity contribution is 7.13. The summed E-state index contributed by atoms with van der Waals surface area (Å²) in [6, 6.07) is 17.7. The van der Waals surface area contributed by atoms with Crippen molar-refractivity contribution in [2.24, 2.45) is 5.92 Å². The van der Waals surface area contributed by atoms with Crippen molar-refractivity contribution in [2.75, 3.05) is 41.8 Å². The number of benzene rings is 1. The maximum Gasteiger partial charge on any atom is 0.255 e. The number of aryl methyl sites for hydroxylation is 1. The smallest absolute Gasteiger partial charge is 0.255 e. The molecule has 9 heterocycles. The molecular formula is C56H59N13O8S. The number of ether oxygens (including phenoxy) is 3.